The van der Waals surface area contributed by atoms with Gasteiger partial charge in [-0.1, -0.05) is 19.1 Å². The molecule has 26 heavy (non-hydrogen) atoms. The van der Waals surface area contributed by atoms with Gasteiger partial charge in [-0.25, -0.2) is 0 Å². The number of aromatic nitrogens is 1. The third-order valence-corrected chi connectivity index (χ3v) is 4.75. The number of hydrogen-bond donors (Lipinski definition) is 2. The Hall–Kier alpha value is -2.76. The lowest BCUT2D eigenvalue weighted by Gasteiger charge is -2.32. The lowest BCUT2D eigenvalue weighted by molar-refractivity contribution is 0.0945. The second-order valence-corrected chi connectivity index (χ2v) is 6.82. The average Bonchev–Trinajstić information content (AvgIpc) is 2.66. The minimum absolute atomic E-state index is 0.184. The van der Waals surface area contributed by atoms with Crippen molar-refractivity contribution in [1.29, 1.82) is 0 Å². The molecule has 1 fully saturated rings. The molecule has 2 N–H and O–H groups in total. The van der Waals surface area contributed by atoms with Crippen LogP contribution in [0.15, 0.2) is 41.3 Å². The normalized spacial score (nSPS) is 17.0. The molecule has 1 atom stereocenters. The molecule has 0 aliphatic carbocycles. The molecule has 1 aliphatic heterocycles. The summed E-state index contributed by atoms with van der Waals surface area (Å²) in [5.41, 5.74) is 2.14. The number of hydrogen-bond acceptors (Lipinski definition) is 4. The maximum atomic E-state index is 12.2. The van der Waals surface area contributed by atoms with Crippen molar-refractivity contribution in [2.24, 2.45) is 5.92 Å². The Bertz CT molecular complexity index is 814. The average molecular weight is 355 g/mol. The number of nitrogens with one attached hydrogen (secondary N) is 2. The van der Waals surface area contributed by atoms with Crippen LogP contribution in [-0.4, -0.2) is 31.1 Å². The lowest BCUT2D eigenvalue weighted by atomic mass is 9.99. The van der Waals surface area contributed by atoms with Crippen molar-refractivity contribution in [2.75, 3.05) is 25.1 Å². The van der Waals surface area contributed by atoms with Gasteiger partial charge < -0.3 is 19.9 Å². The van der Waals surface area contributed by atoms with Gasteiger partial charge >= 0.3 is 0 Å². The minimum Gasteiger partial charge on any atom is -0.491 e. The van der Waals surface area contributed by atoms with Gasteiger partial charge in [0.1, 0.15) is 5.69 Å². The summed E-state index contributed by atoms with van der Waals surface area (Å²) in [6, 6.07) is 9.52. The molecular formula is C20H25N3O3. The number of anilines is 1. The number of pyridine rings is 1. The van der Waals surface area contributed by atoms with E-state index in [0.29, 0.717) is 6.54 Å². The van der Waals surface area contributed by atoms with Crippen molar-refractivity contribution in [3.63, 3.8) is 0 Å². The van der Waals surface area contributed by atoms with E-state index in [1.165, 1.54) is 37.9 Å². The molecule has 0 bridgehead atoms. The Balaban J connectivity index is 1.58. The van der Waals surface area contributed by atoms with E-state index in [1.807, 2.05) is 12.1 Å². The van der Waals surface area contributed by atoms with Crippen LogP contribution < -0.4 is 20.4 Å². The summed E-state index contributed by atoms with van der Waals surface area (Å²) in [6.07, 6.45) is 3.93. The third kappa shape index (κ3) is 4.25. The number of rotatable bonds is 5. The number of benzene rings is 1. The largest absolute Gasteiger partial charge is 0.491 e. The fourth-order valence-electron chi connectivity index (χ4n) is 3.28. The molecule has 3 rings (SSSR count). The molecule has 138 valence electrons. The molecule has 6 nitrogen and oxygen atoms in total. The Kier molecular flexibility index (Phi) is 5.61. The smallest absolute Gasteiger partial charge is 0.268 e. The number of H-pyrrole nitrogens is 1. The molecule has 1 aromatic heterocycles. The van der Waals surface area contributed by atoms with E-state index in [2.05, 4.69) is 34.3 Å². The predicted octanol–water partition coefficient (Wildman–Crippen LogP) is 2.55. The van der Waals surface area contributed by atoms with Gasteiger partial charge in [-0.15, -0.1) is 0 Å². The molecule has 2 heterocycles. The molecule has 0 spiro atoms. The summed E-state index contributed by atoms with van der Waals surface area (Å²) in [4.78, 5) is 29.1. The van der Waals surface area contributed by atoms with Crippen molar-refractivity contribution in [3.8, 4) is 5.75 Å². The van der Waals surface area contributed by atoms with E-state index in [-0.39, 0.29) is 22.8 Å². The quantitative estimate of drug-likeness (QED) is 0.864. The first-order valence-corrected chi connectivity index (χ1v) is 8.95. The molecule has 1 amide bonds. The van der Waals surface area contributed by atoms with E-state index in [1.54, 1.807) is 0 Å². The van der Waals surface area contributed by atoms with Crippen LogP contribution in [-0.2, 0) is 6.54 Å². The van der Waals surface area contributed by atoms with Crippen LogP contribution in [0.2, 0.25) is 0 Å². The molecule has 0 unspecified atom stereocenters. The molecule has 2 aromatic rings. The molecular weight excluding hydrogens is 330 g/mol. The SMILES string of the molecule is COc1c[nH]c(C(=O)NCc2ccc(N3CCC[C@@H](C)C3)cc2)cc1=O. The summed E-state index contributed by atoms with van der Waals surface area (Å²) < 4.78 is 4.90. The van der Waals surface area contributed by atoms with E-state index in [9.17, 15) is 9.59 Å². The highest BCUT2D eigenvalue weighted by Crippen LogP contribution is 2.23. The zero-order chi connectivity index (χ0) is 18.5. The van der Waals surface area contributed by atoms with Gasteiger partial charge in [0.15, 0.2) is 5.75 Å². The Labute approximate surface area is 153 Å². The maximum Gasteiger partial charge on any atom is 0.268 e. The lowest BCUT2D eigenvalue weighted by Crippen LogP contribution is -2.34. The van der Waals surface area contributed by atoms with Crippen LogP contribution in [0.25, 0.3) is 0 Å². The number of carbonyl (C=O) groups excluding carboxylic acids is 1. The maximum absolute atomic E-state index is 12.2. The fourth-order valence-corrected chi connectivity index (χ4v) is 3.28. The van der Waals surface area contributed by atoms with Crippen molar-refractivity contribution in [1.82, 2.24) is 10.3 Å². The van der Waals surface area contributed by atoms with Gasteiger partial charge in [0.05, 0.1) is 7.11 Å². The number of amides is 1. The van der Waals surface area contributed by atoms with Crippen LogP contribution in [0.5, 0.6) is 5.75 Å². The van der Waals surface area contributed by atoms with Crippen molar-refractivity contribution in [3.05, 3.63) is 58.0 Å². The van der Waals surface area contributed by atoms with Crippen LogP contribution in [0.4, 0.5) is 5.69 Å². The minimum atomic E-state index is -0.323. The van der Waals surface area contributed by atoms with Gasteiger partial charge in [0.2, 0.25) is 5.43 Å². The molecule has 6 heteroatoms. The first kappa shape index (κ1) is 18.0. The number of carbonyl (C=O) groups is 1. The van der Waals surface area contributed by atoms with Crippen LogP contribution >= 0.6 is 0 Å². The molecule has 1 aliphatic rings. The van der Waals surface area contributed by atoms with Gasteiger partial charge in [-0.3, -0.25) is 9.59 Å². The second-order valence-electron chi connectivity index (χ2n) is 6.82. The van der Waals surface area contributed by atoms with Crippen LogP contribution in [0.1, 0.15) is 35.8 Å². The van der Waals surface area contributed by atoms with Crippen LogP contribution in [0.3, 0.4) is 0 Å². The van der Waals surface area contributed by atoms with E-state index in [0.717, 1.165) is 24.6 Å². The highest BCUT2D eigenvalue weighted by atomic mass is 16.5. The highest BCUT2D eigenvalue weighted by molar-refractivity contribution is 5.92. The topological polar surface area (TPSA) is 74.4 Å². The second kappa shape index (κ2) is 8.08. The molecule has 0 saturated carbocycles. The number of ether oxygens (including phenoxy) is 1. The Morgan fingerprint density at radius 2 is 2.12 bits per heavy atom. The standard InChI is InChI=1S/C20H25N3O3/c1-14-4-3-9-23(13-14)16-7-5-15(6-8-16)11-22-20(25)17-10-18(24)19(26-2)12-21-17/h5-8,10,12,14H,3-4,9,11,13H2,1-2H3,(H,21,24)(H,22,25)/t14-/m1/s1. The number of aromatic amines is 1. The fraction of sp³-hybridized carbons (Fsp3) is 0.400. The summed E-state index contributed by atoms with van der Waals surface area (Å²) in [7, 11) is 1.42. The third-order valence-electron chi connectivity index (χ3n) is 4.75. The van der Waals surface area contributed by atoms with Gasteiger partial charge in [-0.2, -0.15) is 0 Å². The van der Waals surface area contributed by atoms with E-state index in [4.69, 9.17) is 4.74 Å². The van der Waals surface area contributed by atoms with Crippen LogP contribution in [0, 0.1) is 5.92 Å². The van der Waals surface area contributed by atoms with Crippen molar-refractivity contribution < 1.29 is 9.53 Å². The summed E-state index contributed by atoms with van der Waals surface area (Å²) in [5.74, 6) is 0.595. The monoisotopic (exact) mass is 355 g/mol. The van der Waals surface area contributed by atoms with Crippen molar-refractivity contribution in [2.45, 2.75) is 26.3 Å². The first-order chi connectivity index (χ1) is 12.6. The first-order valence-electron chi connectivity index (χ1n) is 8.95. The summed E-state index contributed by atoms with van der Waals surface area (Å²) in [6.45, 7) is 4.90. The van der Waals surface area contributed by atoms with Gasteiger partial charge in [-0.05, 0) is 36.5 Å². The van der Waals surface area contributed by atoms with E-state index < -0.39 is 0 Å². The highest BCUT2D eigenvalue weighted by Gasteiger charge is 2.16. The number of nitrogens with zero attached hydrogens (tertiary/aromatic N) is 1. The van der Waals surface area contributed by atoms with Crippen molar-refractivity contribution >= 4 is 11.6 Å². The van der Waals surface area contributed by atoms with Gasteiger partial charge in [0, 0.05) is 37.6 Å². The zero-order valence-electron chi connectivity index (χ0n) is 15.2. The molecule has 1 aromatic carbocycles. The van der Waals surface area contributed by atoms with E-state index >= 15 is 0 Å². The number of methoxy groups -OCH3 is 1. The predicted molar refractivity (Wildman–Crippen MR) is 102 cm³/mol. The Morgan fingerprint density at radius 1 is 1.35 bits per heavy atom. The summed E-state index contributed by atoms with van der Waals surface area (Å²) in [5, 5.41) is 2.82. The number of piperidine rings is 1. The van der Waals surface area contributed by atoms with Gasteiger partial charge in [0.25, 0.3) is 5.91 Å². The molecule has 0 radical (unpaired) electrons. The zero-order valence-corrected chi connectivity index (χ0v) is 15.2. The Morgan fingerprint density at radius 3 is 2.77 bits per heavy atom. The summed E-state index contributed by atoms with van der Waals surface area (Å²) >= 11 is 0. The molecule has 1 saturated heterocycles.